The molecule has 2 rings (SSSR count). The number of thiazole rings is 1. The number of hydrogen-bond acceptors (Lipinski definition) is 6. The molecule has 1 aromatic heterocycles. The number of aromatic nitrogens is 1. The van der Waals surface area contributed by atoms with Gasteiger partial charge in [-0.15, -0.1) is 11.3 Å². The number of carbonyl (C=O) groups excluding carboxylic acids is 2. The number of ketones is 1. The molecule has 0 aliphatic heterocycles. The van der Waals surface area contributed by atoms with Gasteiger partial charge in [-0.2, -0.15) is 0 Å². The zero-order valence-electron chi connectivity index (χ0n) is 12.5. The Hall–Kier alpha value is -2.54. The third-order valence-electron chi connectivity index (χ3n) is 2.83. The van der Waals surface area contributed by atoms with Gasteiger partial charge in [0.15, 0.2) is 6.61 Å². The van der Waals surface area contributed by atoms with E-state index in [1.54, 1.807) is 5.38 Å². The van der Waals surface area contributed by atoms with E-state index in [-0.39, 0.29) is 11.3 Å². The van der Waals surface area contributed by atoms with Gasteiger partial charge in [-0.3, -0.25) is 4.79 Å². The number of nitrogens with zero attached hydrogens (tertiary/aromatic N) is 1. The predicted molar refractivity (Wildman–Crippen MR) is 84.1 cm³/mol. The first-order valence-corrected chi connectivity index (χ1v) is 7.51. The Morgan fingerprint density at radius 1 is 1.39 bits per heavy atom. The van der Waals surface area contributed by atoms with Gasteiger partial charge in [0.2, 0.25) is 5.78 Å². The molecule has 0 fully saturated rings. The standard InChI is InChI=1S/C16H14FNO4S/c1-10-18-12(9-23-10)4-6-16(20)22-8-14(19)13-7-11(17)3-5-15(13)21-2/h3-7,9H,8H2,1-2H3/b6-4-. The normalized spacial score (nSPS) is 10.7. The van der Waals surface area contributed by atoms with E-state index in [4.69, 9.17) is 9.47 Å². The third kappa shape index (κ3) is 4.72. The number of rotatable bonds is 6. The van der Waals surface area contributed by atoms with Gasteiger partial charge in [-0.1, -0.05) is 0 Å². The summed E-state index contributed by atoms with van der Waals surface area (Å²) in [7, 11) is 1.37. The van der Waals surface area contributed by atoms with Crippen molar-refractivity contribution in [3.8, 4) is 5.75 Å². The number of halogens is 1. The molecule has 2 aromatic rings. The first-order chi connectivity index (χ1) is 11.0. The topological polar surface area (TPSA) is 65.5 Å². The molecule has 1 heterocycles. The lowest BCUT2D eigenvalue weighted by Gasteiger charge is -2.07. The average molecular weight is 335 g/mol. The number of ether oxygens (including phenoxy) is 2. The molecule has 5 nitrogen and oxygen atoms in total. The molecule has 0 spiro atoms. The van der Waals surface area contributed by atoms with Crippen LogP contribution in [0.2, 0.25) is 0 Å². The maximum atomic E-state index is 13.2. The van der Waals surface area contributed by atoms with Crippen molar-refractivity contribution >= 4 is 29.2 Å². The monoisotopic (exact) mass is 335 g/mol. The number of hydrogen-bond donors (Lipinski definition) is 0. The fourth-order valence-corrected chi connectivity index (χ4v) is 2.35. The summed E-state index contributed by atoms with van der Waals surface area (Å²) in [6.45, 7) is 1.35. The highest BCUT2D eigenvalue weighted by Gasteiger charge is 2.15. The van der Waals surface area contributed by atoms with Gasteiger partial charge in [0.1, 0.15) is 11.6 Å². The van der Waals surface area contributed by atoms with Crippen molar-refractivity contribution in [1.82, 2.24) is 4.98 Å². The van der Waals surface area contributed by atoms with Crippen molar-refractivity contribution < 1.29 is 23.5 Å². The second kappa shape index (κ2) is 7.64. The molecule has 0 N–H and O–H groups in total. The van der Waals surface area contributed by atoms with Crippen LogP contribution in [0, 0.1) is 12.7 Å². The maximum Gasteiger partial charge on any atom is 0.331 e. The van der Waals surface area contributed by atoms with Crippen LogP contribution in [0.4, 0.5) is 4.39 Å². The van der Waals surface area contributed by atoms with Crippen LogP contribution >= 0.6 is 11.3 Å². The zero-order chi connectivity index (χ0) is 16.8. The van der Waals surface area contributed by atoms with E-state index < -0.39 is 24.2 Å². The van der Waals surface area contributed by atoms with Crippen LogP contribution in [0.25, 0.3) is 6.08 Å². The van der Waals surface area contributed by atoms with E-state index in [2.05, 4.69) is 4.98 Å². The molecular weight excluding hydrogens is 321 g/mol. The zero-order valence-corrected chi connectivity index (χ0v) is 13.4. The van der Waals surface area contributed by atoms with Crippen LogP contribution in [-0.2, 0) is 9.53 Å². The van der Waals surface area contributed by atoms with E-state index in [1.807, 2.05) is 6.92 Å². The van der Waals surface area contributed by atoms with Gasteiger partial charge in [-0.25, -0.2) is 14.2 Å². The van der Waals surface area contributed by atoms with Gasteiger partial charge in [0.25, 0.3) is 0 Å². The van der Waals surface area contributed by atoms with Gasteiger partial charge < -0.3 is 9.47 Å². The average Bonchev–Trinajstić information content (AvgIpc) is 2.96. The van der Waals surface area contributed by atoms with Crippen LogP contribution in [-0.4, -0.2) is 30.5 Å². The summed E-state index contributed by atoms with van der Waals surface area (Å²) in [6, 6.07) is 3.57. The number of esters is 1. The number of methoxy groups -OCH3 is 1. The van der Waals surface area contributed by atoms with Gasteiger partial charge in [-0.05, 0) is 31.2 Å². The van der Waals surface area contributed by atoms with Crippen LogP contribution in [0.1, 0.15) is 21.1 Å². The molecule has 0 saturated heterocycles. The molecule has 7 heteroatoms. The molecule has 1 aromatic carbocycles. The van der Waals surface area contributed by atoms with Gasteiger partial charge in [0.05, 0.1) is 23.4 Å². The first-order valence-electron chi connectivity index (χ1n) is 6.63. The molecule has 0 aliphatic carbocycles. The second-order valence-corrected chi connectivity index (χ2v) is 5.56. The van der Waals surface area contributed by atoms with Crippen molar-refractivity contribution in [2.45, 2.75) is 6.92 Å². The summed E-state index contributed by atoms with van der Waals surface area (Å²) in [4.78, 5) is 27.7. The molecule has 0 amide bonds. The Morgan fingerprint density at radius 3 is 2.83 bits per heavy atom. The lowest BCUT2D eigenvalue weighted by Crippen LogP contribution is -2.13. The molecule has 120 valence electrons. The van der Waals surface area contributed by atoms with E-state index in [9.17, 15) is 14.0 Å². The molecular formula is C16H14FNO4S. The highest BCUT2D eigenvalue weighted by Crippen LogP contribution is 2.20. The van der Waals surface area contributed by atoms with Crippen LogP contribution in [0.3, 0.4) is 0 Å². The summed E-state index contributed by atoms with van der Waals surface area (Å²) in [5.74, 6) is -1.58. The van der Waals surface area contributed by atoms with E-state index in [0.717, 1.165) is 11.1 Å². The second-order valence-electron chi connectivity index (χ2n) is 4.50. The molecule has 0 bridgehead atoms. The quantitative estimate of drug-likeness (QED) is 0.461. The van der Waals surface area contributed by atoms with Crippen LogP contribution in [0.15, 0.2) is 29.7 Å². The number of Topliss-reactive ketones (excluding diaryl/α,β-unsaturated/α-hetero) is 1. The summed E-state index contributed by atoms with van der Waals surface area (Å²) < 4.78 is 23.1. The lowest BCUT2D eigenvalue weighted by atomic mass is 10.1. The number of carbonyl (C=O) groups is 2. The number of aryl methyl sites for hydroxylation is 1. The van der Waals surface area contributed by atoms with Crippen LogP contribution < -0.4 is 4.74 Å². The summed E-state index contributed by atoms with van der Waals surface area (Å²) in [5, 5.41) is 2.67. The van der Waals surface area contributed by atoms with Gasteiger partial charge in [0, 0.05) is 11.5 Å². The fourth-order valence-electron chi connectivity index (χ4n) is 1.77. The Bertz CT molecular complexity index is 754. The fraction of sp³-hybridized carbons (Fsp3) is 0.188. The third-order valence-corrected chi connectivity index (χ3v) is 3.63. The molecule has 0 aliphatic rings. The maximum absolute atomic E-state index is 13.2. The summed E-state index contributed by atoms with van der Waals surface area (Å²) >= 11 is 1.46. The van der Waals surface area contributed by atoms with Crippen molar-refractivity contribution in [2.75, 3.05) is 13.7 Å². The summed E-state index contributed by atoms with van der Waals surface area (Å²) in [5.41, 5.74) is 0.669. The smallest absolute Gasteiger partial charge is 0.331 e. The lowest BCUT2D eigenvalue weighted by molar-refractivity contribution is -0.136. The summed E-state index contributed by atoms with van der Waals surface area (Å²) in [6.07, 6.45) is 2.68. The molecule has 0 atom stereocenters. The molecule has 0 saturated carbocycles. The van der Waals surface area contributed by atoms with Crippen molar-refractivity contribution in [3.63, 3.8) is 0 Å². The van der Waals surface area contributed by atoms with E-state index in [1.165, 1.54) is 42.7 Å². The Labute approximate surface area is 136 Å². The largest absolute Gasteiger partial charge is 0.496 e. The minimum Gasteiger partial charge on any atom is -0.496 e. The Morgan fingerprint density at radius 2 is 2.17 bits per heavy atom. The van der Waals surface area contributed by atoms with Crippen molar-refractivity contribution in [2.24, 2.45) is 0 Å². The SMILES string of the molecule is COc1ccc(F)cc1C(=O)COC(=O)/C=C\c1csc(C)n1. The van der Waals surface area contributed by atoms with Crippen molar-refractivity contribution in [1.29, 1.82) is 0 Å². The van der Waals surface area contributed by atoms with Crippen LogP contribution in [0.5, 0.6) is 5.75 Å². The highest BCUT2D eigenvalue weighted by molar-refractivity contribution is 7.09. The Balaban J connectivity index is 1.95. The van der Waals surface area contributed by atoms with E-state index in [0.29, 0.717) is 5.69 Å². The first kappa shape index (κ1) is 16.8. The number of benzene rings is 1. The molecule has 0 radical (unpaired) electrons. The predicted octanol–water partition coefficient (Wildman–Crippen LogP) is 3.04. The minimum absolute atomic E-state index is 0.0272. The van der Waals surface area contributed by atoms with E-state index >= 15 is 0 Å². The molecule has 0 unspecified atom stereocenters. The van der Waals surface area contributed by atoms with Crippen molar-refractivity contribution in [3.05, 3.63) is 51.7 Å². The Kier molecular flexibility index (Phi) is 5.59. The van der Waals surface area contributed by atoms with Gasteiger partial charge >= 0.3 is 5.97 Å². The molecule has 23 heavy (non-hydrogen) atoms. The highest BCUT2D eigenvalue weighted by atomic mass is 32.1. The minimum atomic E-state index is -0.681.